The second-order valence-electron chi connectivity index (χ2n) is 6.29. The van der Waals surface area contributed by atoms with Crippen LogP contribution in [0.5, 0.6) is 0 Å². The molecule has 1 aliphatic carbocycles. The predicted octanol–water partition coefficient (Wildman–Crippen LogP) is 3.20. The summed E-state index contributed by atoms with van der Waals surface area (Å²) in [6.45, 7) is 4.96. The topological polar surface area (TPSA) is 61.4 Å². The maximum Gasteiger partial charge on any atom is 0.315 e. The zero-order valence-electron chi connectivity index (χ0n) is 13.2. The lowest BCUT2D eigenvalue weighted by Crippen LogP contribution is -2.43. The summed E-state index contributed by atoms with van der Waals surface area (Å²) < 4.78 is 0. The number of carbonyl (C=O) groups is 1. The molecule has 118 valence electrons. The van der Waals surface area contributed by atoms with E-state index >= 15 is 0 Å². The maximum atomic E-state index is 11.8. The smallest absolute Gasteiger partial charge is 0.315 e. The number of nitrogens with one attached hydrogen (secondary N) is 2. The van der Waals surface area contributed by atoms with Gasteiger partial charge < -0.3 is 15.7 Å². The maximum absolute atomic E-state index is 11.8. The largest absolute Gasteiger partial charge is 0.393 e. The SMILES string of the molecule is CCCCCCC(C)NC(=O)NCC1CCCC(O)C1. The highest BCUT2D eigenvalue weighted by Crippen LogP contribution is 2.23. The van der Waals surface area contributed by atoms with Gasteiger partial charge in [0.2, 0.25) is 0 Å². The van der Waals surface area contributed by atoms with E-state index in [1.54, 1.807) is 0 Å². The van der Waals surface area contributed by atoms with Crippen molar-refractivity contribution in [2.45, 2.75) is 83.8 Å². The average molecular weight is 284 g/mol. The van der Waals surface area contributed by atoms with E-state index in [0.717, 1.165) is 32.1 Å². The van der Waals surface area contributed by atoms with Crippen LogP contribution in [0.2, 0.25) is 0 Å². The highest BCUT2D eigenvalue weighted by Gasteiger charge is 2.20. The van der Waals surface area contributed by atoms with Crippen molar-refractivity contribution in [1.82, 2.24) is 10.6 Å². The van der Waals surface area contributed by atoms with E-state index in [1.807, 2.05) is 0 Å². The number of hydrogen-bond donors (Lipinski definition) is 3. The summed E-state index contributed by atoms with van der Waals surface area (Å²) in [6.07, 6.45) is 9.77. The van der Waals surface area contributed by atoms with Crippen molar-refractivity contribution in [3.8, 4) is 0 Å². The van der Waals surface area contributed by atoms with E-state index in [1.165, 1.54) is 25.7 Å². The molecule has 4 heteroatoms. The van der Waals surface area contributed by atoms with Gasteiger partial charge in [0, 0.05) is 12.6 Å². The minimum atomic E-state index is -0.170. The van der Waals surface area contributed by atoms with Crippen molar-refractivity contribution in [3.63, 3.8) is 0 Å². The van der Waals surface area contributed by atoms with Crippen LogP contribution in [0.1, 0.15) is 71.6 Å². The van der Waals surface area contributed by atoms with Crippen molar-refractivity contribution in [3.05, 3.63) is 0 Å². The Hall–Kier alpha value is -0.770. The van der Waals surface area contributed by atoms with Crippen molar-refractivity contribution in [2.75, 3.05) is 6.54 Å². The molecule has 1 aliphatic rings. The lowest BCUT2D eigenvalue weighted by Gasteiger charge is -2.26. The third-order valence-corrected chi connectivity index (χ3v) is 4.17. The van der Waals surface area contributed by atoms with Crippen molar-refractivity contribution in [1.29, 1.82) is 0 Å². The Morgan fingerprint density at radius 3 is 2.80 bits per heavy atom. The average Bonchev–Trinajstić information content (AvgIpc) is 2.41. The Bertz CT molecular complexity index is 271. The molecule has 0 bridgehead atoms. The fourth-order valence-electron chi connectivity index (χ4n) is 2.91. The van der Waals surface area contributed by atoms with Crippen molar-refractivity contribution in [2.24, 2.45) is 5.92 Å². The Kier molecular flexibility index (Phi) is 8.67. The van der Waals surface area contributed by atoms with Crippen LogP contribution in [0, 0.1) is 5.92 Å². The van der Waals surface area contributed by atoms with Crippen LogP contribution in [0.4, 0.5) is 4.79 Å². The number of aliphatic hydroxyl groups excluding tert-OH is 1. The molecule has 0 saturated heterocycles. The minimum Gasteiger partial charge on any atom is -0.393 e. The molecule has 0 aromatic rings. The summed E-state index contributed by atoms with van der Waals surface area (Å²) in [7, 11) is 0. The molecule has 0 aromatic heterocycles. The van der Waals surface area contributed by atoms with E-state index in [-0.39, 0.29) is 18.2 Å². The Balaban J connectivity index is 2.06. The summed E-state index contributed by atoms with van der Waals surface area (Å²) in [5, 5.41) is 15.5. The molecule has 20 heavy (non-hydrogen) atoms. The van der Waals surface area contributed by atoms with E-state index in [2.05, 4.69) is 24.5 Å². The first-order valence-corrected chi connectivity index (χ1v) is 8.34. The Labute approximate surface area is 123 Å². The van der Waals surface area contributed by atoms with Crippen molar-refractivity contribution >= 4 is 6.03 Å². The second kappa shape index (κ2) is 10.0. The Morgan fingerprint density at radius 2 is 2.10 bits per heavy atom. The van der Waals surface area contributed by atoms with E-state index < -0.39 is 0 Å². The molecule has 0 spiro atoms. The summed E-state index contributed by atoms with van der Waals surface area (Å²) in [4.78, 5) is 11.8. The highest BCUT2D eigenvalue weighted by molar-refractivity contribution is 5.74. The fraction of sp³-hybridized carbons (Fsp3) is 0.938. The van der Waals surface area contributed by atoms with E-state index in [9.17, 15) is 9.90 Å². The zero-order valence-corrected chi connectivity index (χ0v) is 13.2. The van der Waals surface area contributed by atoms with Gasteiger partial charge in [-0.15, -0.1) is 0 Å². The normalized spacial score (nSPS) is 24.1. The molecule has 0 aliphatic heterocycles. The first-order chi connectivity index (χ1) is 9.61. The van der Waals surface area contributed by atoms with Gasteiger partial charge in [0.15, 0.2) is 0 Å². The van der Waals surface area contributed by atoms with Gasteiger partial charge in [0.25, 0.3) is 0 Å². The monoisotopic (exact) mass is 284 g/mol. The van der Waals surface area contributed by atoms with Crippen LogP contribution in [0.25, 0.3) is 0 Å². The van der Waals surface area contributed by atoms with E-state index in [4.69, 9.17) is 0 Å². The van der Waals surface area contributed by atoms with Crippen LogP contribution in [-0.2, 0) is 0 Å². The summed E-state index contributed by atoms with van der Waals surface area (Å²) in [5.41, 5.74) is 0. The summed E-state index contributed by atoms with van der Waals surface area (Å²) in [6, 6.07) is 0.178. The number of hydrogen-bond acceptors (Lipinski definition) is 2. The van der Waals surface area contributed by atoms with Gasteiger partial charge in [0.1, 0.15) is 0 Å². The van der Waals surface area contributed by atoms with Gasteiger partial charge in [-0.1, -0.05) is 39.0 Å². The van der Waals surface area contributed by atoms with Gasteiger partial charge in [-0.25, -0.2) is 4.79 Å². The minimum absolute atomic E-state index is 0.0620. The highest BCUT2D eigenvalue weighted by atomic mass is 16.3. The van der Waals surface area contributed by atoms with Crippen LogP contribution < -0.4 is 10.6 Å². The summed E-state index contributed by atoms with van der Waals surface area (Å²) in [5.74, 6) is 0.435. The lowest BCUT2D eigenvalue weighted by molar-refractivity contribution is 0.101. The first-order valence-electron chi connectivity index (χ1n) is 8.34. The van der Waals surface area contributed by atoms with Gasteiger partial charge in [0.05, 0.1) is 6.10 Å². The van der Waals surface area contributed by atoms with Crippen LogP contribution in [0.3, 0.4) is 0 Å². The van der Waals surface area contributed by atoms with Gasteiger partial charge in [-0.2, -0.15) is 0 Å². The fourth-order valence-corrected chi connectivity index (χ4v) is 2.91. The molecule has 1 saturated carbocycles. The zero-order chi connectivity index (χ0) is 14.8. The molecule has 2 amide bonds. The van der Waals surface area contributed by atoms with Crippen LogP contribution in [-0.4, -0.2) is 29.8 Å². The van der Waals surface area contributed by atoms with Crippen LogP contribution >= 0.6 is 0 Å². The first kappa shape index (κ1) is 17.3. The molecule has 0 radical (unpaired) electrons. The number of rotatable bonds is 8. The molecular weight excluding hydrogens is 252 g/mol. The molecule has 1 rings (SSSR count). The molecule has 0 heterocycles. The van der Waals surface area contributed by atoms with E-state index in [0.29, 0.717) is 12.5 Å². The molecule has 1 fully saturated rings. The number of amides is 2. The third kappa shape index (κ3) is 7.73. The third-order valence-electron chi connectivity index (χ3n) is 4.17. The van der Waals surface area contributed by atoms with Gasteiger partial charge in [-0.3, -0.25) is 0 Å². The van der Waals surface area contributed by atoms with Gasteiger partial charge in [-0.05, 0) is 38.5 Å². The standard InChI is InChI=1S/C16H32N2O2/c1-3-4-5-6-8-13(2)18-16(20)17-12-14-9-7-10-15(19)11-14/h13-15,19H,3-12H2,1-2H3,(H2,17,18,20). The summed E-state index contributed by atoms with van der Waals surface area (Å²) >= 11 is 0. The quantitative estimate of drug-likeness (QED) is 0.599. The molecule has 3 N–H and O–H groups in total. The molecular formula is C16H32N2O2. The van der Waals surface area contributed by atoms with Crippen molar-refractivity contribution < 1.29 is 9.90 Å². The molecule has 3 atom stereocenters. The second-order valence-corrected chi connectivity index (χ2v) is 6.29. The Morgan fingerprint density at radius 1 is 1.30 bits per heavy atom. The number of aliphatic hydroxyl groups is 1. The molecule has 3 unspecified atom stereocenters. The molecule has 4 nitrogen and oxygen atoms in total. The van der Waals surface area contributed by atoms with Gasteiger partial charge >= 0.3 is 6.03 Å². The number of carbonyl (C=O) groups excluding carboxylic acids is 1. The number of urea groups is 1. The van der Waals surface area contributed by atoms with Crippen LogP contribution in [0.15, 0.2) is 0 Å². The number of unbranched alkanes of at least 4 members (excludes halogenated alkanes) is 3. The lowest BCUT2D eigenvalue weighted by atomic mass is 9.87. The molecule has 0 aromatic carbocycles. The predicted molar refractivity (Wildman–Crippen MR) is 82.7 cm³/mol.